The van der Waals surface area contributed by atoms with Gasteiger partial charge in [-0.15, -0.1) is 0 Å². The molecule has 138 valence electrons. The van der Waals surface area contributed by atoms with Gasteiger partial charge in [0, 0.05) is 0 Å². The summed E-state index contributed by atoms with van der Waals surface area (Å²) < 4.78 is 0. The van der Waals surface area contributed by atoms with Crippen molar-refractivity contribution in [3.05, 3.63) is 0 Å². The van der Waals surface area contributed by atoms with Crippen molar-refractivity contribution in [2.45, 2.75) is 109 Å². The third-order valence-corrected chi connectivity index (χ3v) is 4.28. The Morgan fingerprint density at radius 3 is 1.96 bits per heavy atom. The number of amides is 1. The van der Waals surface area contributed by atoms with Crippen molar-refractivity contribution < 1.29 is 15.0 Å². The smallest absolute Gasteiger partial charge is 0.222 e. The highest BCUT2D eigenvalue weighted by atomic mass is 16.3. The molecule has 0 aliphatic rings. The fourth-order valence-corrected chi connectivity index (χ4v) is 2.85. The maximum absolute atomic E-state index is 11.8. The predicted octanol–water partition coefficient (Wildman–Crippen LogP) is 3.94. The lowest BCUT2D eigenvalue weighted by atomic mass is 10.0. The van der Waals surface area contributed by atoms with E-state index >= 15 is 0 Å². The summed E-state index contributed by atoms with van der Waals surface area (Å²) in [4.78, 5) is 11.8. The summed E-state index contributed by atoms with van der Waals surface area (Å²) >= 11 is 0. The van der Waals surface area contributed by atoms with E-state index in [0.29, 0.717) is 6.42 Å². The minimum Gasteiger partial charge on any atom is -0.394 e. The van der Waals surface area contributed by atoms with Gasteiger partial charge in [0.25, 0.3) is 0 Å². The average Bonchev–Trinajstić information content (AvgIpc) is 2.52. The first-order chi connectivity index (χ1) is 11.1. The molecule has 0 rings (SSSR count). The molecule has 1 amide bonds. The summed E-state index contributed by atoms with van der Waals surface area (Å²) in [5.41, 5.74) is 0. The van der Waals surface area contributed by atoms with Gasteiger partial charge in [0.15, 0.2) is 0 Å². The molecular formula is C19H39NO3. The first kappa shape index (κ1) is 22.4. The largest absolute Gasteiger partial charge is 0.394 e. The normalized spacial score (nSPS) is 13.7. The van der Waals surface area contributed by atoms with Gasteiger partial charge in [-0.3, -0.25) is 4.79 Å². The van der Waals surface area contributed by atoms with Crippen LogP contribution in [0.1, 0.15) is 97.3 Å². The van der Waals surface area contributed by atoms with Gasteiger partial charge >= 0.3 is 0 Å². The molecule has 2 atom stereocenters. The maximum Gasteiger partial charge on any atom is 0.222 e. The summed E-state index contributed by atoms with van der Waals surface area (Å²) in [5, 5.41) is 21.9. The van der Waals surface area contributed by atoms with E-state index in [-0.39, 0.29) is 25.0 Å². The summed E-state index contributed by atoms with van der Waals surface area (Å²) in [5.74, 6) is -0.152. The molecule has 4 heteroatoms. The Bertz CT molecular complexity index is 271. The fraction of sp³-hybridized carbons (Fsp3) is 0.947. The Labute approximate surface area is 143 Å². The van der Waals surface area contributed by atoms with Gasteiger partial charge in [-0.05, 0) is 12.8 Å². The summed E-state index contributed by atoms with van der Waals surface area (Å²) in [6, 6.07) is -0.174. The second kappa shape index (κ2) is 16.3. The zero-order valence-electron chi connectivity index (χ0n) is 15.4. The van der Waals surface area contributed by atoms with E-state index in [0.717, 1.165) is 25.7 Å². The highest BCUT2D eigenvalue weighted by molar-refractivity contribution is 5.76. The van der Waals surface area contributed by atoms with Gasteiger partial charge in [0.1, 0.15) is 0 Å². The molecule has 0 spiro atoms. The van der Waals surface area contributed by atoms with Crippen molar-refractivity contribution in [2.24, 2.45) is 0 Å². The van der Waals surface area contributed by atoms with E-state index in [1.807, 2.05) is 6.92 Å². The summed E-state index contributed by atoms with van der Waals surface area (Å²) in [6.45, 7) is 4.22. The first-order valence-electron chi connectivity index (χ1n) is 9.72. The van der Waals surface area contributed by atoms with Crippen LogP contribution in [-0.2, 0) is 4.79 Å². The molecule has 23 heavy (non-hydrogen) atoms. The number of rotatable bonds is 16. The third kappa shape index (κ3) is 14.7. The van der Waals surface area contributed by atoms with Crippen LogP contribution < -0.4 is 5.32 Å². The minimum atomic E-state index is -0.555. The van der Waals surface area contributed by atoms with Crippen molar-refractivity contribution in [3.8, 4) is 0 Å². The lowest BCUT2D eigenvalue weighted by molar-refractivity contribution is -0.124. The van der Waals surface area contributed by atoms with Crippen LogP contribution in [0.3, 0.4) is 0 Å². The van der Waals surface area contributed by atoms with Crippen LogP contribution in [0.25, 0.3) is 0 Å². The number of hydrogen-bond donors (Lipinski definition) is 3. The van der Waals surface area contributed by atoms with Gasteiger partial charge in [-0.2, -0.15) is 0 Å². The lowest BCUT2D eigenvalue weighted by Gasteiger charge is -2.17. The van der Waals surface area contributed by atoms with Crippen molar-refractivity contribution in [1.29, 1.82) is 0 Å². The molecule has 0 aromatic rings. The number of aliphatic hydroxyl groups is 2. The SMILES string of the molecule is CCCCCCCCCCC[C@@H](O)CC(=O)NC(CO)CCC. The molecule has 0 bridgehead atoms. The Morgan fingerprint density at radius 2 is 1.43 bits per heavy atom. The fourth-order valence-electron chi connectivity index (χ4n) is 2.85. The number of carbonyl (C=O) groups excluding carboxylic acids is 1. The highest BCUT2D eigenvalue weighted by Gasteiger charge is 2.14. The Morgan fingerprint density at radius 1 is 0.870 bits per heavy atom. The van der Waals surface area contributed by atoms with Crippen LogP contribution in [0.5, 0.6) is 0 Å². The molecule has 0 aromatic heterocycles. The van der Waals surface area contributed by atoms with Crippen LogP contribution in [0.15, 0.2) is 0 Å². The average molecular weight is 330 g/mol. The first-order valence-corrected chi connectivity index (χ1v) is 9.72. The topological polar surface area (TPSA) is 69.6 Å². The van der Waals surface area contributed by atoms with Crippen molar-refractivity contribution in [3.63, 3.8) is 0 Å². The van der Waals surface area contributed by atoms with Gasteiger partial charge in [0.2, 0.25) is 5.91 Å². The monoisotopic (exact) mass is 329 g/mol. The van der Waals surface area contributed by atoms with E-state index in [2.05, 4.69) is 12.2 Å². The third-order valence-electron chi connectivity index (χ3n) is 4.28. The number of nitrogens with one attached hydrogen (secondary N) is 1. The van der Waals surface area contributed by atoms with Gasteiger partial charge < -0.3 is 15.5 Å². The van der Waals surface area contributed by atoms with Crippen LogP contribution in [0.4, 0.5) is 0 Å². The standard InChI is InChI=1S/C19H39NO3/c1-3-5-6-7-8-9-10-11-12-14-18(22)15-19(23)20-17(16-21)13-4-2/h17-18,21-22H,3-16H2,1-2H3,(H,20,23)/t17?,18-/m1/s1. The number of hydrogen-bond acceptors (Lipinski definition) is 3. The summed E-state index contributed by atoms with van der Waals surface area (Å²) in [6.07, 6.45) is 13.3. The van der Waals surface area contributed by atoms with Gasteiger partial charge in [-0.1, -0.05) is 78.1 Å². The van der Waals surface area contributed by atoms with E-state index < -0.39 is 6.10 Å². The molecule has 1 unspecified atom stereocenters. The predicted molar refractivity (Wildman–Crippen MR) is 96.4 cm³/mol. The molecule has 0 saturated heterocycles. The molecule has 0 aromatic carbocycles. The number of aliphatic hydroxyl groups excluding tert-OH is 2. The van der Waals surface area contributed by atoms with Crippen LogP contribution in [0.2, 0.25) is 0 Å². The zero-order chi connectivity index (χ0) is 17.3. The Kier molecular flexibility index (Phi) is 15.8. The van der Waals surface area contributed by atoms with E-state index in [1.165, 1.54) is 44.9 Å². The molecule has 4 nitrogen and oxygen atoms in total. The Hall–Kier alpha value is -0.610. The van der Waals surface area contributed by atoms with Gasteiger partial charge in [-0.25, -0.2) is 0 Å². The maximum atomic E-state index is 11.8. The molecule has 0 saturated carbocycles. The quantitative estimate of drug-likeness (QED) is 0.376. The Balaban J connectivity index is 3.52. The molecule has 0 radical (unpaired) electrons. The van der Waals surface area contributed by atoms with Crippen molar-refractivity contribution >= 4 is 5.91 Å². The second-order valence-electron chi connectivity index (χ2n) is 6.71. The summed E-state index contributed by atoms with van der Waals surface area (Å²) in [7, 11) is 0. The molecule has 0 aliphatic heterocycles. The van der Waals surface area contributed by atoms with E-state index in [4.69, 9.17) is 5.11 Å². The number of unbranched alkanes of at least 4 members (excludes halogenated alkanes) is 8. The molecule has 0 aliphatic carbocycles. The highest BCUT2D eigenvalue weighted by Crippen LogP contribution is 2.12. The molecule has 0 fully saturated rings. The zero-order valence-corrected chi connectivity index (χ0v) is 15.4. The van der Waals surface area contributed by atoms with Crippen LogP contribution >= 0.6 is 0 Å². The molecular weight excluding hydrogens is 290 g/mol. The lowest BCUT2D eigenvalue weighted by Crippen LogP contribution is -2.38. The molecule has 0 heterocycles. The van der Waals surface area contributed by atoms with Crippen LogP contribution in [0, 0.1) is 0 Å². The van der Waals surface area contributed by atoms with Crippen LogP contribution in [-0.4, -0.2) is 34.9 Å². The van der Waals surface area contributed by atoms with Gasteiger partial charge in [0.05, 0.1) is 25.2 Å². The minimum absolute atomic E-state index is 0.0338. The van der Waals surface area contributed by atoms with Crippen molar-refractivity contribution in [1.82, 2.24) is 5.32 Å². The van der Waals surface area contributed by atoms with E-state index in [9.17, 15) is 9.90 Å². The molecule has 3 N–H and O–H groups in total. The number of carbonyl (C=O) groups is 1. The van der Waals surface area contributed by atoms with Crippen molar-refractivity contribution in [2.75, 3.05) is 6.61 Å². The van der Waals surface area contributed by atoms with E-state index in [1.54, 1.807) is 0 Å². The second-order valence-corrected chi connectivity index (χ2v) is 6.71.